The molecule has 0 saturated carbocycles. The molecule has 1 aromatic rings. The number of aryl methyl sites for hydroxylation is 1. The van der Waals surface area contributed by atoms with E-state index in [1.807, 2.05) is 25.1 Å². The molecule has 0 spiro atoms. The van der Waals surface area contributed by atoms with Crippen molar-refractivity contribution in [1.29, 1.82) is 0 Å². The van der Waals surface area contributed by atoms with Gasteiger partial charge in [-0.25, -0.2) is 4.99 Å². The lowest BCUT2D eigenvalue weighted by Crippen LogP contribution is -2.41. The molecule has 6 heteroatoms. The zero-order valence-corrected chi connectivity index (χ0v) is 15.1. The Morgan fingerprint density at radius 2 is 2.29 bits per heavy atom. The normalized spacial score (nSPS) is 18.2. The molecule has 0 aliphatic carbocycles. The van der Waals surface area contributed by atoms with E-state index in [9.17, 15) is 0 Å². The van der Waals surface area contributed by atoms with E-state index in [4.69, 9.17) is 4.74 Å². The zero-order valence-electron chi connectivity index (χ0n) is 12.8. The number of rotatable bonds is 5. The van der Waals surface area contributed by atoms with Gasteiger partial charge in [-0.2, -0.15) is 0 Å². The molecule has 1 saturated heterocycles. The summed E-state index contributed by atoms with van der Waals surface area (Å²) in [6, 6.07) is 6.01. The fraction of sp³-hybridized carbons (Fsp3) is 0.600. The average Bonchev–Trinajstić information content (AvgIpc) is 2.95. The smallest absolute Gasteiger partial charge is 0.191 e. The lowest BCUT2D eigenvalue weighted by atomic mass is 10.2. The highest BCUT2D eigenvalue weighted by atomic mass is 127. The molecule has 0 radical (unpaired) electrons. The Morgan fingerprint density at radius 3 is 2.95 bits per heavy atom. The van der Waals surface area contributed by atoms with E-state index in [1.165, 1.54) is 0 Å². The minimum atomic E-state index is 0. The van der Waals surface area contributed by atoms with Gasteiger partial charge in [-0.3, -0.25) is 4.98 Å². The number of halogens is 1. The number of nitrogens with one attached hydrogen (secondary N) is 2. The third-order valence-corrected chi connectivity index (χ3v) is 3.21. The van der Waals surface area contributed by atoms with Crippen molar-refractivity contribution in [3.63, 3.8) is 0 Å². The number of hydrogen-bond donors (Lipinski definition) is 2. The summed E-state index contributed by atoms with van der Waals surface area (Å²) >= 11 is 0. The van der Waals surface area contributed by atoms with Crippen LogP contribution in [0.15, 0.2) is 23.2 Å². The Balaban J connectivity index is 0.00000220. The lowest BCUT2D eigenvalue weighted by molar-refractivity contribution is 0.114. The van der Waals surface area contributed by atoms with Gasteiger partial charge in [0.15, 0.2) is 5.96 Å². The molecule has 1 aliphatic rings. The summed E-state index contributed by atoms with van der Waals surface area (Å²) in [6.07, 6.45) is 2.61. The van der Waals surface area contributed by atoms with Crippen molar-refractivity contribution < 1.29 is 4.74 Å². The van der Waals surface area contributed by atoms with Gasteiger partial charge in [0.2, 0.25) is 0 Å². The van der Waals surface area contributed by atoms with Gasteiger partial charge in [0.05, 0.1) is 18.3 Å². The maximum absolute atomic E-state index is 5.60. The highest BCUT2D eigenvalue weighted by Gasteiger charge is 2.15. The largest absolute Gasteiger partial charge is 0.376 e. The second-order valence-electron chi connectivity index (χ2n) is 4.98. The number of nitrogens with zero attached hydrogens (tertiary/aromatic N) is 2. The summed E-state index contributed by atoms with van der Waals surface area (Å²) in [5.41, 5.74) is 2.01. The maximum atomic E-state index is 5.60. The number of ether oxygens (including phenoxy) is 1. The van der Waals surface area contributed by atoms with Crippen LogP contribution in [0.4, 0.5) is 0 Å². The van der Waals surface area contributed by atoms with Gasteiger partial charge in [-0.15, -0.1) is 24.0 Å². The molecule has 0 amide bonds. The van der Waals surface area contributed by atoms with Crippen LogP contribution in [0.1, 0.15) is 31.2 Å². The molecule has 2 N–H and O–H groups in total. The van der Waals surface area contributed by atoms with Crippen molar-refractivity contribution in [2.45, 2.75) is 39.3 Å². The van der Waals surface area contributed by atoms with E-state index >= 15 is 0 Å². The molecule has 0 bridgehead atoms. The van der Waals surface area contributed by atoms with E-state index in [-0.39, 0.29) is 24.0 Å². The van der Waals surface area contributed by atoms with Gasteiger partial charge in [-0.05, 0) is 38.8 Å². The first-order valence-corrected chi connectivity index (χ1v) is 7.34. The van der Waals surface area contributed by atoms with Crippen molar-refractivity contribution in [3.8, 4) is 0 Å². The Labute approximate surface area is 144 Å². The van der Waals surface area contributed by atoms with Gasteiger partial charge in [0.25, 0.3) is 0 Å². The van der Waals surface area contributed by atoms with Crippen LogP contribution in [-0.4, -0.2) is 36.7 Å². The molecule has 1 unspecified atom stereocenters. The van der Waals surface area contributed by atoms with Crippen molar-refractivity contribution >= 4 is 29.9 Å². The number of guanidine groups is 1. The second-order valence-corrected chi connectivity index (χ2v) is 4.98. The number of aliphatic imine (C=N–C) groups is 1. The van der Waals surface area contributed by atoms with Crippen LogP contribution in [0, 0.1) is 6.92 Å². The standard InChI is InChI=1S/C15H24N4O.HI/c1-3-16-15(18-11-14-8-5-9-20-14)17-10-13-7-4-6-12(2)19-13;/h4,6-7,14H,3,5,8-11H2,1-2H3,(H2,16,17,18);1H. The van der Waals surface area contributed by atoms with Crippen molar-refractivity contribution in [3.05, 3.63) is 29.6 Å². The van der Waals surface area contributed by atoms with Gasteiger partial charge >= 0.3 is 0 Å². The zero-order chi connectivity index (χ0) is 14.2. The van der Waals surface area contributed by atoms with Gasteiger partial charge in [0.1, 0.15) is 0 Å². The van der Waals surface area contributed by atoms with Crippen LogP contribution >= 0.6 is 24.0 Å². The third kappa shape index (κ3) is 6.60. The maximum Gasteiger partial charge on any atom is 0.191 e. The first-order chi connectivity index (χ1) is 9.78. The molecular formula is C15H25IN4O. The Hall–Kier alpha value is -0.890. The predicted octanol–water partition coefficient (Wildman–Crippen LogP) is 2.24. The molecule has 1 aromatic heterocycles. The SMILES string of the molecule is CCNC(=NCc1cccc(C)n1)NCC1CCCO1.I. The monoisotopic (exact) mass is 404 g/mol. The highest BCUT2D eigenvalue weighted by Crippen LogP contribution is 2.10. The minimum absolute atomic E-state index is 0. The number of pyridine rings is 1. The van der Waals surface area contributed by atoms with Gasteiger partial charge in [-0.1, -0.05) is 6.07 Å². The van der Waals surface area contributed by atoms with Crippen LogP contribution < -0.4 is 10.6 Å². The Bertz CT molecular complexity index is 447. The van der Waals surface area contributed by atoms with E-state index in [0.29, 0.717) is 12.6 Å². The predicted molar refractivity (Wildman–Crippen MR) is 96.2 cm³/mol. The first kappa shape index (κ1) is 18.2. The molecular weight excluding hydrogens is 379 g/mol. The summed E-state index contributed by atoms with van der Waals surface area (Å²) in [7, 11) is 0. The van der Waals surface area contributed by atoms with E-state index in [0.717, 1.165) is 49.9 Å². The summed E-state index contributed by atoms with van der Waals surface area (Å²) in [5, 5.41) is 6.58. The van der Waals surface area contributed by atoms with E-state index < -0.39 is 0 Å². The summed E-state index contributed by atoms with van der Waals surface area (Å²) < 4.78 is 5.60. The Kier molecular flexibility index (Phi) is 8.60. The molecule has 0 aromatic carbocycles. The molecule has 5 nitrogen and oxygen atoms in total. The van der Waals surface area contributed by atoms with Gasteiger partial charge < -0.3 is 15.4 Å². The van der Waals surface area contributed by atoms with Crippen molar-refractivity contribution in [2.24, 2.45) is 4.99 Å². The lowest BCUT2D eigenvalue weighted by Gasteiger charge is -2.14. The second kappa shape index (κ2) is 9.94. The van der Waals surface area contributed by atoms with E-state index in [2.05, 4.69) is 27.5 Å². The fourth-order valence-electron chi connectivity index (χ4n) is 2.21. The minimum Gasteiger partial charge on any atom is -0.376 e. The van der Waals surface area contributed by atoms with Crippen LogP contribution in [0.2, 0.25) is 0 Å². The molecule has 118 valence electrons. The third-order valence-electron chi connectivity index (χ3n) is 3.21. The topological polar surface area (TPSA) is 58.5 Å². The first-order valence-electron chi connectivity index (χ1n) is 7.34. The number of hydrogen-bond acceptors (Lipinski definition) is 3. The van der Waals surface area contributed by atoms with Crippen LogP contribution in [0.3, 0.4) is 0 Å². The molecule has 2 rings (SSSR count). The summed E-state index contributed by atoms with van der Waals surface area (Å²) in [4.78, 5) is 9.02. The molecule has 1 fully saturated rings. The van der Waals surface area contributed by atoms with Gasteiger partial charge in [0, 0.05) is 25.4 Å². The summed E-state index contributed by atoms with van der Waals surface area (Å²) in [6.45, 7) is 7.18. The van der Waals surface area contributed by atoms with Crippen LogP contribution in [-0.2, 0) is 11.3 Å². The average molecular weight is 404 g/mol. The summed E-state index contributed by atoms with van der Waals surface area (Å²) in [5.74, 6) is 0.825. The molecule has 1 atom stereocenters. The number of aromatic nitrogens is 1. The van der Waals surface area contributed by atoms with Crippen molar-refractivity contribution in [1.82, 2.24) is 15.6 Å². The fourth-order valence-corrected chi connectivity index (χ4v) is 2.21. The van der Waals surface area contributed by atoms with Crippen LogP contribution in [0.5, 0.6) is 0 Å². The molecule has 21 heavy (non-hydrogen) atoms. The molecule has 1 aliphatic heterocycles. The molecule has 2 heterocycles. The quantitative estimate of drug-likeness (QED) is 0.449. The van der Waals surface area contributed by atoms with E-state index in [1.54, 1.807) is 0 Å². The van der Waals surface area contributed by atoms with Crippen molar-refractivity contribution in [2.75, 3.05) is 19.7 Å². The highest BCUT2D eigenvalue weighted by molar-refractivity contribution is 14.0. The Morgan fingerprint density at radius 1 is 1.43 bits per heavy atom. The van der Waals surface area contributed by atoms with Crippen LogP contribution in [0.25, 0.3) is 0 Å².